The van der Waals surface area contributed by atoms with Crippen molar-refractivity contribution in [1.82, 2.24) is 24.6 Å². The molecular weight excluding hydrogens is 468 g/mol. The molecule has 1 N–H and O–H groups in total. The van der Waals surface area contributed by atoms with Gasteiger partial charge in [0.15, 0.2) is 5.16 Å². The van der Waals surface area contributed by atoms with Crippen molar-refractivity contribution < 1.29 is 9.59 Å². The molecule has 0 unspecified atom stereocenters. The highest BCUT2D eigenvalue weighted by Crippen LogP contribution is 2.34. The topological polar surface area (TPSA) is 93.0 Å². The predicted octanol–water partition coefficient (Wildman–Crippen LogP) is 4.18. The number of thiazole rings is 1. The summed E-state index contributed by atoms with van der Waals surface area (Å²) in [5, 5.41) is 12.5. The third-order valence-corrected chi connectivity index (χ3v) is 8.07. The van der Waals surface area contributed by atoms with E-state index in [1.807, 2.05) is 30.1 Å². The van der Waals surface area contributed by atoms with Crippen LogP contribution in [-0.4, -0.2) is 55.3 Å². The number of rotatable bonds is 6. The molecule has 174 valence electrons. The highest BCUT2D eigenvalue weighted by molar-refractivity contribution is 7.99. The van der Waals surface area contributed by atoms with Crippen molar-refractivity contribution in [2.75, 3.05) is 24.2 Å². The second-order valence-corrected chi connectivity index (χ2v) is 10.2. The molecular formula is C24H24N6O2S2. The van der Waals surface area contributed by atoms with Crippen LogP contribution in [0.4, 0.5) is 5.69 Å². The number of anilines is 1. The van der Waals surface area contributed by atoms with Gasteiger partial charge in [0.05, 0.1) is 21.0 Å². The Morgan fingerprint density at radius 2 is 1.97 bits per heavy atom. The lowest BCUT2D eigenvalue weighted by Gasteiger charge is -2.31. The third-order valence-electron chi connectivity index (χ3n) is 5.84. The zero-order valence-corrected chi connectivity index (χ0v) is 20.3. The highest BCUT2D eigenvalue weighted by Gasteiger charge is 2.26. The van der Waals surface area contributed by atoms with Crippen LogP contribution in [0.3, 0.4) is 0 Å². The zero-order chi connectivity index (χ0) is 23.5. The molecule has 1 aliphatic rings. The van der Waals surface area contributed by atoms with Gasteiger partial charge in [-0.15, -0.1) is 21.5 Å². The number of para-hydroxylation sites is 1. The summed E-state index contributed by atoms with van der Waals surface area (Å²) in [7, 11) is 1.83. The zero-order valence-electron chi connectivity index (χ0n) is 18.7. The van der Waals surface area contributed by atoms with Crippen LogP contribution >= 0.6 is 23.1 Å². The number of nitrogens with one attached hydrogen (secondary N) is 1. The standard InChI is InChI=1S/C24H24N6O2S2/c1-29-15-25-28-24(29)33-14-21(31)26-18-6-4-5-17(13-18)23(32)30-11-9-16(10-12-30)22-27-19-7-2-3-8-20(19)34-22/h2-8,13,15-16H,9-12,14H2,1H3,(H,26,31). The number of aryl methyl sites for hydroxylation is 1. The number of amides is 2. The summed E-state index contributed by atoms with van der Waals surface area (Å²) in [5.41, 5.74) is 2.24. The summed E-state index contributed by atoms with van der Waals surface area (Å²) in [6.45, 7) is 1.40. The van der Waals surface area contributed by atoms with E-state index in [0.29, 0.717) is 35.4 Å². The van der Waals surface area contributed by atoms with Crippen molar-refractivity contribution in [3.8, 4) is 0 Å². The summed E-state index contributed by atoms with van der Waals surface area (Å²) in [4.78, 5) is 32.2. The van der Waals surface area contributed by atoms with Crippen LogP contribution in [0.5, 0.6) is 0 Å². The van der Waals surface area contributed by atoms with Gasteiger partial charge in [-0.2, -0.15) is 0 Å². The number of nitrogens with zero attached hydrogens (tertiary/aromatic N) is 5. The predicted molar refractivity (Wildman–Crippen MR) is 134 cm³/mol. The second kappa shape index (κ2) is 9.94. The fraction of sp³-hybridized carbons (Fsp3) is 0.292. The molecule has 0 saturated carbocycles. The fourth-order valence-electron chi connectivity index (χ4n) is 4.04. The van der Waals surface area contributed by atoms with E-state index < -0.39 is 0 Å². The Morgan fingerprint density at radius 3 is 2.74 bits per heavy atom. The molecule has 2 amide bonds. The van der Waals surface area contributed by atoms with Gasteiger partial charge in [0.1, 0.15) is 6.33 Å². The van der Waals surface area contributed by atoms with Gasteiger partial charge < -0.3 is 14.8 Å². The number of aromatic nitrogens is 4. The van der Waals surface area contributed by atoms with Gasteiger partial charge in [-0.3, -0.25) is 9.59 Å². The summed E-state index contributed by atoms with van der Waals surface area (Å²) in [6.07, 6.45) is 3.40. The van der Waals surface area contributed by atoms with E-state index in [4.69, 9.17) is 4.98 Å². The van der Waals surface area contributed by atoms with E-state index in [0.717, 1.165) is 23.4 Å². The summed E-state index contributed by atoms with van der Waals surface area (Å²) in [6, 6.07) is 15.3. The molecule has 5 rings (SSSR count). The van der Waals surface area contributed by atoms with E-state index in [1.165, 1.54) is 16.5 Å². The number of benzene rings is 2. The molecule has 0 radical (unpaired) electrons. The van der Waals surface area contributed by atoms with Gasteiger partial charge in [0, 0.05) is 37.3 Å². The van der Waals surface area contributed by atoms with Crippen molar-refractivity contribution in [2.24, 2.45) is 7.05 Å². The van der Waals surface area contributed by atoms with Crippen molar-refractivity contribution in [3.63, 3.8) is 0 Å². The second-order valence-electron chi connectivity index (χ2n) is 8.23. The van der Waals surface area contributed by atoms with Crippen LogP contribution in [0.1, 0.15) is 34.1 Å². The van der Waals surface area contributed by atoms with Crippen molar-refractivity contribution >= 4 is 50.8 Å². The quantitative estimate of drug-likeness (QED) is 0.406. The normalized spacial score (nSPS) is 14.4. The van der Waals surface area contributed by atoms with Crippen LogP contribution in [0.2, 0.25) is 0 Å². The Labute approximate surface area is 205 Å². The molecule has 1 fully saturated rings. The van der Waals surface area contributed by atoms with Crippen LogP contribution in [0.15, 0.2) is 60.0 Å². The van der Waals surface area contributed by atoms with Crippen molar-refractivity contribution in [1.29, 1.82) is 0 Å². The largest absolute Gasteiger partial charge is 0.339 e. The number of carbonyl (C=O) groups excluding carboxylic acids is 2. The van der Waals surface area contributed by atoms with E-state index in [-0.39, 0.29) is 17.6 Å². The molecule has 0 aliphatic carbocycles. The molecule has 2 aromatic carbocycles. The smallest absolute Gasteiger partial charge is 0.253 e. The molecule has 1 aliphatic heterocycles. The minimum Gasteiger partial charge on any atom is -0.339 e. The first-order valence-electron chi connectivity index (χ1n) is 11.1. The number of hydrogen-bond acceptors (Lipinski definition) is 7. The maximum absolute atomic E-state index is 13.1. The lowest BCUT2D eigenvalue weighted by molar-refractivity contribution is -0.113. The molecule has 0 bridgehead atoms. The molecule has 3 heterocycles. The van der Waals surface area contributed by atoms with Gasteiger partial charge in [0.2, 0.25) is 5.91 Å². The van der Waals surface area contributed by atoms with E-state index in [2.05, 4.69) is 21.6 Å². The first-order valence-corrected chi connectivity index (χ1v) is 12.9. The maximum Gasteiger partial charge on any atom is 0.253 e. The third kappa shape index (κ3) is 4.97. The van der Waals surface area contributed by atoms with E-state index in [1.54, 1.807) is 46.5 Å². The molecule has 2 aromatic heterocycles. The first-order chi connectivity index (χ1) is 16.6. The number of fused-ring (bicyclic) bond motifs is 1. The van der Waals surface area contributed by atoms with Crippen LogP contribution < -0.4 is 5.32 Å². The van der Waals surface area contributed by atoms with E-state index in [9.17, 15) is 9.59 Å². The Kier molecular flexibility index (Phi) is 6.59. The van der Waals surface area contributed by atoms with Gasteiger partial charge in [0.25, 0.3) is 5.91 Å². The van der Waals surface area contributed by atoms with Gasteiger partial charge in [-0.25, -0.2) is 4.98 Å². The van der Waals surface area contributed by atoms with Crippen molar-refractivity contribution in [2.45, 2.75) is 23.9 Å². The number of thioether (sulfide) groups is 1. The van der Waals surface area contributed by atoms with Crippen molar-refractivity contribution in [3.05, 3.63) is 65.4 Å². The first kappa shape index (κ1) is 22.5. The molecule has 4 aromatic rings. The Bertz CT molecular complexity index is 1290. The van der Waals surface area contributed by atoms with Gasteiger partial charge in [-0.1, -0.05) is 30.0 Å². The molecule has 8 nitrogen and oxygen atoms in total. The Hall–Kier alpha value is -3.24. The number of hydrogen-bond donors (Lipinski definition) is 1. The SMILES string of the molecule is Cn1cnnc1SCC(=O)Nc1cccc(C(=O)N2CCC(c3nc4ccccc4s3)CC2)c1. The summed E-state index contributed by atoms with van der Waals surface area (Å²) in [5.74, 6) is 0.435. The van der Waals surface area contributed by atoms with Crippen LogP contribution in [-0.2, 0) is 11.8 Å². The Balaban J connectivity index is 1.17. The van der Waals surface area contributed by atoms with Crippen LogP contribution in [0, 0.1) is 0 Å². The minimum atomic E-state index is -0.158. The number of likely N-dealkylation sites (tertiary alicyclic amines) is 1. The number of piperidine rings is 1. The molecule has 10 heteroatoms. The molecule has 0 spiro atoms. The number of carbonyl (C=O) groups is 2. The summed E-state index contributed by atoms with van der Waals surface area (Å²) < 4.78 is 2.97. The van der Waals surface area contributed by atoms with E-state index >= 15 is 0 Å². The average Bonchev–Trinajstić information content (AvgIpc) is 3.48. The lowest BCUT2D eigenvalue weighted by atomic mass is 9.97. The minimum absolute atomic E-state index is 0.00712. The molecule has 0 atom stereocenters. The molecule has 1 saturated heterocycles. The lowest BCUT2D eigenvalue weighted by Crippen LogP contribution is -2.37. The average molecular weight is 493 g/mol. The summed E-state index contributed by atoms with van der Waals surface area (Å²) >= 11 is 3.07. The highest BCUT2D eigenvalue weighted by atomic mass is 32.2. The van der Waals surface area contributed by atoms with Gasteiger partial charge >= 0.3 is 0 Å². The Morgan fingerprint density at radius 1 is 1.15 bits per heavy atom. The monoisotopic (exact) mass is 492 g/mol. The van der Waals surface area contributed by atoms with Crippen LogP contribution in [0.25, 0.3) is 10.2 Å². The molecule has 34 heavy (non-hydrogen) atoms. The maximum atomic E-state index is 13.1. The fourth-order valence-corrected chi connectivity index (χ4v) is 5.86. The van der Waals surface area contributed by atoms with Gasteiger partial charge in [-0.05, 0) is 43.2 Å².